The summed E-state index contributed by atoms with van der Waals surface area (Å²) in [4.78, 5) is 27.2. The highest BCUT2D eigenvalue weighted by atomic mass is 32.1. The van der Waals surface area contributed by atoms with E-state index in [1.807, 2.05) is 35.7 Å². The summed E-state index contributed by atoms with van der Waals surface area (Å²) >= 11 is 1.41. The van der Waals surface area contributed by atoms with Crippen molar-refractivity contribution in [1.29, 1.82) is 0 Å². The smallest absolute Gasteiger partial charge is 0.311 e. The summed E-state index contributed by atoms with van der Waals surface area (Å²) in [5, 5.41) is 1.88. The fourth-order valence-corrected chi connectivity index (χ4v) is 3.80. The SMILES string of the molecule is COC(=O)[C@@H]1CN(C(=O)c2cccs2)C[C@H]1c1ccc(OC)cc1. The van der Waals surface area contributed by atoms with Crippen LogP contribution in [0.5, 0.6) is 5.75 Å². The van der Waals surface area contributed by atoms with Crippen LogP contribution in [0.2, 0.25) is 0 Å². The summed E-state index contributed by atoms with van der Waals surface area (Å²) in [6.45, 7) is 0.878. The lowest BCUT2D eigenvalue weighted by atomic mass is 9.89. The van der Waals surface area contributed by atoms with Crippen LogP contribution in [0.3, 0.4) is 0 Å². The van der Waals surface area contributed by atoms with Crippen LogP contribution in [0.15, 0.2) is 41.8 Å². The molecule has 0 spiro atoms. The third-order valence-corrected chi connectivity index (χ3v) is 5.24. The predicted molar refractivity (Wildman–Crippen MR) is 91.5 cm³/mol. The van der Waals surface area contributed by atoms with Gasteiger partial charge in [-0.25, -0.2) is 0 Å². The summed E-state index contributed by atoms with van der Waals surface area (Å²) in [5.41, 5.74) is 1.01. The van der Waals surface area contributed by atoms with Crippen LogP contribution < -0.4 is 4.74 Å². The quantitative estimate of drug-likeness (QED) is 0.800. The Balaban J connectivity index is 1.85. The van der Waals surface area contributed by atoms with E-state index >= 15 is 0 Å². The van der Waals surface area contributed by atoms with E-state index < -0.39 is 0 Å². The Morgan fingerprint density at radius 1 is 1.12 bits per heavy atom. The molecule has 1 aliphatic rings. The first-order chi connectivity index (χ1) is 11.6. The Hall–Kier alpha value is -2.34. The van der Waals surface area contributed by atoms with Crippen LogP contribution in [-0.4, -0.2) is 44.1 Å². The number of methoxy groups -OCH3 is 2. The first-order valence-corrected chi connectivity index (χ1v) is 8.56. The molecule has 0 bridgehead atoms. The molecule has 126 valence electrons. The van der Waals surface area contributed by atoms with Gasteiger partial charge in [0.25, 0.3) is 5.91 Å². The van der Waals surface area contributed by atoms with Crippen LogP contribution in [-0.2, 0) is 9.53 Å². The summed E-state index contributed by atoms with van der Waals surface area (Å²) < 4.78 is 10.1. The number of likely N-dealkylation sites (tertiary alicyclic amines) is 1. The van der Waals surface area contributed by atoms with E-state index in [1.165, 1.54) is 18.4 Å². The third-order valence-electron chi connectivity index (χ3n) is 4.39. The second-order valence-corrected chi connectivity index (χ2v) is 6.64. The highest BCUT2D eigenvalue weighted by Gasteiger charge is 2.41. The Labute approximate surface area is 144 Å². The fraction of sp³-hybridized carbons (Fsp3) is 0.333. The van der Waals surface area contributed by atoms with Crippen molar-refractivity contribution in [2.45, 2.75) is 5.92 Å². The fourth-order valence-electron chi connectivity index (χ4n) is 3.10. The molecule has 2 atom stereocenters. The van der Waals surface area contributed by atoms with E-state index in [-0.39, 0.29) is 23.7 Å². The first kappa shape index (κ1) is 16.5. The number of amides is 1. The molecule has 0 saturated carbocycles. The molecule has 0 radical (unpaired) electrons. The number of ether oxygens (including phenoxy) is 2. The predicted octanol–water partition coefficient (Wildman–Crippen LogP) is 2.79. The molecule has 2 aromatic rings. The molecule has 3 rings (SSSR count). The van der Waals surface area contributed by atoms with Gasteiger partial charge in [-0.3, -0.25) is 9.59 Å². The molecule has 2 heterocycles. The molecule has 1 aromatic carbocycles. The Morgan fingerprint density at radius 3 is 2.46 bits per heavy atom. The summed E-state index contributed by atoms with van der Waals surface area (Å²) in [6.07, 6.45) is 0. The van der Waals surface area contributed by atoms with Crippen molar-refractivity contribution in [3.05, 3.63) is 52.2 Å². The maximum absolute atomic E-state index is 12.6. The molecular formula is C18H19NO4S. The average molecular weight is 345 g/mol. The molecule has 0 N–H and O–H groups in total. The number of carbonyl (C=O) groups excluding carboxylic acids is 2. The number of carbonyl (C=O) groups is 2. The Morgan fingerprint density at radius 2 is 1.88 bits per heavy atom. The van der Waals surface area contributed by atoms with Crippen LogP contribution in [0.4, 0.5) is 0 Å². The zero-order chi connectivity index (χ0) is 17.1. The van der Waals surface area contributed by atoms with E-state index in [0.29, 0.717) is 18.0 Å². The lowest BCUT2D eigenvalue weighted by Gasteiger charge is -2.16. The van der Waals surface area contributed by atoms with E-state index in [9.17, 15) is 9.59 Å². The van der Waals surface area contributed by atoms with Crippen LogP contribution >= 0.6 is 11.3 Å². The Bertz CT molecular complexity index is 711. The molecule has 0 unspecified atom stereocenters. The minimum Gasteiger partial charge on any atom is -0.497 e. The van der Waals surface area contributed by atoms with E-state index in [4.69, 9.17) is 9.47 Å². The zero-order valence-corrected chi connectivity index (χ0v) is 14.4. The van der Waals surface area contributed by atoms with Crippen LogP contribution in [0, 0.1) is 5.92 Å². The van der Waals surface area contributed by atoms with Gasteiger partial charge >= 0.3 is 5.97 Å². The number of rotatable bonds is 4. The minimum absolute atomic E-state index is 0.0325. The van der Waals surface area contributed by atoms with Crippen molar-refractivity contribution < 1.29 is 19.1 Å². The second kappa shape index (κ2) is 7.05. The van der Waals surface area contributed by atoms with Gasteiger partial charge in [0.2, 0.25) is 0 Å². The maximum Gasteiger partial charge on any atom is 0.311 e. The van der Waals surface area contributed by atoms with Gasteiger partial charge < -0.3 is 14.4 Å². The van der Waals surface area contributed by atoms with Gasteiger partial charge in [-0.05, 0) is 29.1 Å². The van der Waals surface area contributed by atoms with Crippen molar-refractivity contribution in [2.75, 3.05) is 27.3 Å². The normalized spacial score (nSPS) is 20.0. The Kier molecular flexibility index (Phi) is 4.85. The topological polar surface area (TPSA) is 55.8 Å². The molecule has 1 aromatic heterocycles. The summed E-state index contributed by atoms with van der Waals surface area (Å²) in [5.74, 6) is 0.0182. The average Bonchev–Trinajstić information content (AvgIpc) is 3.30. The number of benzene rings is 1. The van der Waals surface area contributed by atoms with Crippen molar-refractivity contribution in [1.82, 2.24) is 4.90 Å². The number of hydrogen-bond acceptors (Lipinski definition) is 5. The highest BCUT2D eigenvalue weighted by Crippen LogP contribution is 2.35. The molecule has 24 heavy (non-hydrogen) atoms. The third kappa shape index (κ3) is 3.14. The zero-order valence-electron chi connectivity index (χ0n) is 13.6. The molecule has 6 heteroatoms. The standard InChI is InChI=1S/C18H19NO4S/c1-22-13-7-5-12(6-8-13)14-10-19(11-15(14)18(21)23-2)17(20)16-4-3-9-24-16/h3-9,14-15H,10-11H2,1-2H3/t14-,15+/m0/s1. The van der Waals surface area contributed by atoms with E-state index in [2.05, 4.69) is 0 Å². The molecule has 5 nitrogen and oxygen atoms in total. The molecule has 1 aliphatic heterocycles. The minimum atomic E-state index is -0.354. The van der Waals surface area contributed by atoms with Gasteiger partial charge in [0.05, 0.1) is 25.0 Å². The van der Waals surface area contributed by atoms with Gasteiger partial charge in [0.1, 0.15) is 5.75 Å². The lowest BCUT2D eigenvalue weighted by Crippen LogP contribution is -2.29. The largest absolute Gasteiger partial charge is 0.497 e. The van der Waals surface area contributed by atoms with Gasteiger partial charge in [0.15, 0.2) is 0 Å². The molecule has 1 amide bonds. The van der Waals surface area contributed by atoms with Gasteiger partial charge in [-0.1, -0.05) is 18.2 Å². The second-order valence-electron chi connectivity index (χ2n) is 5.70. The maximum atomic E-state index is 12.6. The van der Waals surface area contributed by atoms with Crippen molar-refractivity contribution in [3.63, 3.8) is 0 Å². The van der Waals surface area contributed by atoms with Crippen LogP contribution in [0.1, 0.15) is 21.2 Å². The van der Waals surface area contributed by atoms with Crippen molar-refractivity contribution in [2.24, 2.45) is 5.92 Å². The molecule has 0 aliphatic carbocycles. The number of esters is 1. The van der Waals surface area contributed by atoms with Crippen molar-refractivity contribution >= 4 is 23.2 Å². The number of hydrogen-bond donors (Lipinski definition) is 0. The number of thiophene rings is 1. The number of nitrogens with zero attached hydrogens (tertiary/aromatic N) is 1. The first-order valence-electron chi connectivity index (χ1n) is 7.68. The highest BCUT2D eigenvalue weighted by molar-refractivity contribution is 7.12. The summed E-state index contributed by atoms with van der Waals surface area (Å²) in [7, 11) is 3.00. The van der Waals surface area contributed by atoms with Crippen molar-refractivity contribution in [3.8, 4) is 5.75 Å². The van der Waals surface area contributed by atoms with Gasteiger partial charge in [-0.15, -0.1) is 11.3 Å². The van der Waals surface area contributed by atoms with E-state index in [0.717, 1.165) is 11.3 Å². The van der Waals surface area contributed by atoms with Gasteiger partial charge in [0, 0.05) is 19.0 Å². The monoisotopic (exact) mass is 345 g/mol. The lowest BCUT2D eigenvalue weighted by molar-refractivity contribution is -0.145. The van der Waals surface area contributed by atoms with Crippen LogP contribution in [0.25, 0.3) is 0 Å². The molecular weight excluding hydrogens is 326 g/mol. The van der Waals surface area contributed by atoms with E-state index in [1.54, 1.807) is 18.1 Å². The molecule has 1 fully saturated rings. The van der Waals surface area contributed by atoms with Gasteiger partial charge in [-0.2, -0.15) is 0 Å². The molecule has 1 saturated heterocycles. The summed E-state index contributed by atoms with van der Waals surface area (Å²) in [6, 6.07) is 11.3.